The average Bonchev–Trinajstić information content (AvgIpc) is 3.66. The van der Waals surface area contributed by atoms with Crippen LogP contribution in [0.5, 0.6) is 17.5 Å². The molecule has 1 aromatic heterocycles. The predicted molar refractivity (Wildman–Crippen MR) is 172 cm³/mol. The topological polar surface area (TPSA) is 83.0 Å². The molecule has 2 bridgehead atoms. The minimum absolute atomic E-state index is 0.0409. The lowest BCUT2D eigenvalue weighted by atomic mass is 9.92. The molecule has 0 spiro atoms. The second-order valence-electron chi connectivity index (χ2n) is 13.2. The van der Waals surface area contributed by atoms with Crippen LogP contribution in [0.15, 0.2) is 24.3 Å². The normalized spacial score (nSPS) is 29.6. The number of nitrogens with zero attached hydrogens (tertiary/aromatic N) is 4. The molecule has 2 N–H and O–H groups in total. The highest BCUT2D eigenvalue weighted by molar-refractivity contribution is 6.37. The summed E-state index contributed by atoms with van der Waals surface area (Å²) < 4.78 is 76.6. The van der Waals surface area contributed by atoms with Gasteiger partial charge in [-0.05, 0) is 61.3 Å². The summed E-state index contributed by atoms with van der Waals surface area (Å²) in [5.74, 6) is 1.10. The summed E-state index contributed by atoms with van der Waals surface area (Å²) >= 11 is 7.07. The highest BCUT2D eigenvalue weighted by Gasteiger charge is 2.50. The Hall–Kier alpha value is -3.98. The maximum atomic E-state index is 17.3. The van der Waals surface area contributed by atoms with Crippen molar-refractivity contribution in [3.05, 3.63) is 46.5 Å². The van der Waals surface area contributed by atoms with Crippen LogP contribution in [0, 0.1) is 24.0 Å². The molecule has 6 heterocycles. The molecule has 5 aliphatic heterocycles. The second kappa shape index (κ2) is 10.5. The summed E-state index contributed by atoms with van der Waals surface area (Å²) in [6.07, 6.45) is 7.10. The quantitative estimate of drug-likeness (QED) is 0.268. The Morgan fingerprint density at radius 1 is 1.23 bits per heavy atom. The number of rotatable bonds is 4. The van der Waals surface area contributed by atoms with Gasteiger partial charge in [-0.25, -0.2) is 13.2 Å². The third-order valence-corrected chi connectivity index (χ3v) is 10.9. The zero-order valence-electron chi connectivity index (χ0n) is 27.1. The van der Waals surface area contributed by atoms with E-state index in [0.29, 0.717) is 24.2 Å². The van der Waals surface area contributed by atoms with Crippen LogP contribution < -0.4 is 19.7 Å². The number of anilines is 1. The van der Waals surface area contributed by atoms with Crippen molar-refractivity contribution in [2.24, 2.45) is 0 Å². The monoisotopic (exact) mass is 663 g/mol. The molecule has 4 fully saturated rings. The first kappa shape index (κ1) is 27.0. The maximum Gasteiger partial charge on any atom is 0.319 e. The van der Waals surface area contributed by atoms with Gasteiger partial charge in [0.1, 0.15) is 42.3 Å². The first-order valence-corrected chi connectivity index (χ1v) is 16.2. The van der Waals surface area contributed by atoms with Gasteiger partial charge in [0.25, 0.3) is 0 Å². The zero-order valence-corrected chi connectivity index (χ0v) is 25.9. The Bertz CT molecular complexity index is 2140. The molecule has 0 amide bonds. The fraction of sp³-hybridized carbons (Fsp3) is 0.429. The van der Waals surface area contributed by atoms with Gasteiger partial charge in [0.15, 0.2) is 11.6 Å². The SMILES string of the molecule is [2H]C1([2H])CC[C@@]2(COc3nc4c5c(c(Cl)c(-c6cc(O)cc7ccc(F)c(C#C)c67)c(F)c5n3)OC[C@@H]3[C@@H]5CC[C@H](CN43)N5)C[C@@H](F)CN12. The van der Waals surface area contributed by atoms with E-state index in [1.807, 2.05) is 0 Å². The first-order valence-electron chi connectivity index (χ1n) is 16.8. The number of phenolic OH excluding ortho intramolecular Hbond substituents is 1. The fourth-order valence-corrected chi connectivity index (χ4v) is 8.76. The second-order valence-corrected chi connectivity index (χ2v) is 13.6. The summed E-state index contributed by atoms with van der Waals surface area (Å²) in [6.45, 7) is -1.05. The van der Waals surface area contributed by atoms with Crippen molar-refractivity contribution < 1.29 is 30.5 Å². The van der Waals surface area contributed by atoms with Gasteiger partial charge in [0.2, 0.25) is 0 Å². The molecule has 47 heavy (non-hydrogen) atoms. The molecule has 0 unspecified atom stereocenters. The highest BCUT2D eigenvalue weighted by atomic mass is 35.5. The molecule has 12 heteroatoms. The minimum atomic E-state index is -1.68. The summed E-state index contributed by atoms with van der Waals surface area (Å²) in [5.41, 5.74) is -1.32. The standard InChI is InChI=1S/C35H31ClF3N5O3/c1-2-21-23(38)6-4-17-10-20(45)11-22(26(17)21)27-29(36)32-28-31(30(27)39)41-34(47-16-35-8-3-9-43(35)13-18(37)12-35)42-33(28)44-14-19-5-7-24(40-19)25(44)15-46-32/h1,4,6,10-11,18-19,24-25,40,45H,3,5,7-9,12-16H2/t18-,19-,24+,25-,35+/m1/s1/i9D2. The third kappa shape index (κ3) is 4.31. The summed E-state index contributed by atoms with van der Waals surface area (Å²) in [5, 5.41) is 15.0. The zero-order chi connectivity index (χ0) is 34.0. The maximum absolute atomic E-state index is 17.3. The molecular weight excluding hydrogens is 631 g/mol. The van der Waals surface area contributed by atoms with Crippen molar-refractivity contribution in [3.63, 3.8) is 0 Å². The number of nitrogens with one attached hydrogen (secondary N) is 1. The smallest absolute Gasteiger partial charge is 0.319 e. The van der Waals surface area contributed by atoms with Crippen LogP contribution in [-0.2, 0) is 0 Å². The molecule has 0 aliphatic carbocycles. The number of halogens is 4. The summed E-state index contributed by atoms with van der Waals surface area (Å²) in [4.78, 5) is 13.0. The largest absolute Gasteiger partial charge is 0.508 e. The Labute approximate surface area is 276 Å². The Morgan fingerprint density at radius 3 is 2.96 bits per heavy atom. The lowest BCUT2D eigenvalue weighted by Gasteiger charge is -2.40. The van der Waals surface area contributed by atoms with E-state index in [9.17, 15) is 9.50 Å². The van der Waals surface area contributed by atoms with Crippen LogP contribution in [0.2, 0.25) is 5.02 Å². The van der Waals surface area contributed by atoms with Gasteiger partial charge in [-0.1, -0.05) is 23.6 Å². The van der Waals surface area contributed by atoms with Crippen LogP contribution in [-0.4, -0.2) is 82.6 Å². The highest BCUT2D eigenvalue weighted by Crippen LogP contribution is 2.51. The summed E-state index contributed by atoms with van der Waals surface area (Å²) in [7, 11) is 0. The number of benzene rings is 3. The van der Waals surface area contributed by atoms with E-state index in [4.69, 9.17) is 35.2 Å². The van der Waals surface area contributed by atoms with E-state index in [1.54, 1.807) is 0 Å². The number of hydrogen-bond acceptors (Lipinski definition) is 8. The average molecular weight is 664 g/mol. The molecule has 5 atom stereocenters. The van der Waals surface area contributed by atoms with Gasteiger partial charge in [-0.3, -0.25) is 4.90 Å². The van der Waals surface area contributed by atoms with Gasteiger partial charge in [-0.15, -0.1) is 6.42 Å². The van der Waals surface area contributed by atoms with Gasteiger partial charge >= 0.3 is 6.01 Å². The number of alkyl halides is 1. The van der Waals surface area contributed by atoms with Crippen molar-refractivity contribution in [3.8, 4) is 41.0 Å². The van der Waals surface area contributed by atoms with Crippen LogP contribution >= 0.6 is 11.6 Å². The number of aromatic hydroxyl groups is 1. The molecule has 4 aromatic rings. The Kier molecular flexibility index (Phi) is 6.04. The van der Waals surface area contributed by atoms with Crippen LogP contribution in [0.25, 0.3) is 32.8 Å². The van der Waals surface area contributed by atoms with E-state index in [0.717, 1.165) is 12.8 Å². The molecule has 0 saturated carbocycles. The van der Waals surface area contributed by atoms with Crippen molar-refractivity contribution in [2.75, 3.05) is 37.7 Å². The fourth-order valence-electron chi connectivity index (χ4n) is 8.43. The first-order chi connectivity index (χ1) is 23.5. The van der Waals surface area contributed by atoms with E-state index < -0.39 is 29.8 Å². The summed E-state index contributed by atoms with van der Waals surface area (Å²) in [6, 6.07) is 5.23. The third-order valence-electron chi connectivity index (χ3n) is 10.6. The number of aromatic nitrogens is 2. The lowest BCUT2D eigenvalue weighted by molar-refractivity contribution is 0.107. The number of ether oxygens (including phenoxy) is 2. The molecule has 9 rings (SSSR count). The number of hydrogen-bond donors (Lipinski definition) is 2. The Morgan fingerprint density at radius 2 is 2.11 bits per heavy atom. The molecule has 8 nitrogen and oxygen atoms in total. The molecule has 5 aliphatic rings. The van der Waals surface area contributed by atoms with Gasteiger partial charge in [0, 0.05) is 45.3 Å². The van der Waals surface area contributed by atoms with Crippen molar-refractivity contribution in [1.82, 2.24) is 20.2 Å². The molecule has 3 aromatic carbocycles. The predicted octanol–water partition coefficient (Wildman–Crippen LogP) is 5.73. The molecular formula is C35H31ClF3N5O3. The van der Waals surface area contributed by atoms with Crippen molar-refractivity contribution in [1.29, 1.82) is 0 Å². The molecule has 0 radical (unpaired) electrons. The van der Waals surface area contributed by atoms with E-state index in [2.05, 4.69) is 21.1 Å². The molecule has 242 valence electrons. The Balaban J connectivity index is 1.26. The number of phenols is 1. The number of piperazine rings is 1. The molecule has 4 saturated heterocycles. The van der Waals surface area contributed by atoms with Crippen LogP contribution in [0.1, 0.15) is 40.4 Å². The van der Waals surface area contributed by atoms with Crippen LogP contribution in [0.3, 0.4) is 0 Å². The lowest BCUT2D eigenvalue weighted by Crippen LogP contribution is -2.60. The van der Waals surface area contributed by atoms with E-state index >= 15 is 8.78 Å². The number of fused-ring (bicyclic) bond motifs is 7. The minimum Gasteiger partial charge on any atom is -0.508 e. The van der Waals surface area contributed by atoms with Gasteiger partial charge in [-0.2, -0.15) is 9.97 Å². The van der Waals surface area contributed by atoms with E-state index in [1.165, 1.54) is 29.2 Å². The van der Waals surface area contributed by atoms with Crippen molar-refractivity contribution in [2.45, 2.75) is 61.9 Å². The van der Waals surface area contributed by atoms with Gasteiger partial charge < -0.3 is 24.8 Å². The number of terminal acetylenes is 1. The van der Waals surface area contributed by atoms with Crippen LogP contribution in [0.4, 0.5) is 19.0 Å². The van der Waals surface area contributed by atoms with Gasteiger partial charge in [0.05, 0.1) is 27.6 Å². The van der Waals surface area contributed by atoms with E-state index in [-0.39, 0.29) is 106 Å². The van der Waals surface area contributed by atoms with Crippen molar-refractivity contribution >= 4 is 39.1 Å².